The second-order valence-electron chi connectivity index (χ2n) is 9.76. The van der Waals surface area contributed by atoms with E-state index >= 15 is 0 Å². The van der Waals surface area contributed by atoms with Gasteiger partial charge in [-0.3, -0.25) is 0 Å². The standard InChI is InChI=1S/C30H53O/c1-2-3-4-5-6-7-8-9-10-11-12-13-14-15-16-17-18-19-20-21-25-28-30(31)29-26-23-22-24-27-29/h22-24,26-27,30H,2-21,25,28H2,1H3. The van der Waals surface area contributed by atoms with Crippen LogP contribution in [0.3, 0.4) is 0 Å². The Morgan fingerprint density at radius 3 is 1.16 bits per heavy atom. The van der Waals surface area contributed by atoms with E-state index in [0.717, 1.165) is 18.4 Å². The first-order valence-electron chi connectivity index (χ1n) is 14.1. The zero-order chi connectivity index (χ0) is 22.2. The number of benzene rings is 1. The van der Waals surface area contributed by atoms with Crippen LogP contribution in [0, 0.1) is 0 Å². The molecule has 0 heterocycles. The minimum Gasteiger partial charge on any atom is -0.228 e. The molecule has 1 aromatic carbocycles. The maximum Gasteiger partial charge on any atom is 0.118 e. The zero-order valence-corrected chi connectivity index (χ0v) is 20.9. The number of hydrogen-bond donors (Lipinski definition) is 0. The van der Waals surface area contributed by atoms with Crippen molar-refractivity contribution >= 4 is 0 Å². The Labute approximate surface area is 195 Å². The van der Waals surface area contributed by atoms with Crippen LogP contribution in [0.15, 0.2) is 30.3 Å². The van der Waals surface area contributed by atoms with E-state index in [1.54, 1.807) is 0 Å². The third kappa shape index (κ3) is 18.5. The van der Waals surface area contributed by atoms with Gasteiger partial charge in [0.05, 0.1) is 0 Å². The molecule has 1 unspecified atom stereocenters. The van der Waals surface area contributed by atoms with Gasteiger partial charge < -0.3 is 0 Å². The van der Waals surface area contributed by atoms with Crippen LogP contribution in [0.5, 0.6) is 0 Å². The van der Waals surface area contributed by atoms with Crippen molar-refractivity contribution in [2.24, 2.45) is 0 Å². The van der Waals surface area contributed by atoms with Gasteiger partial charge in [-0.15, -0.1) is 0 Å². The highest BCUT2D eigenvalue weighted by atomic mass is 16.3. The highest BCUT2D eigenvalue weighted by molar-refractivity contribution is 5.16. The van der Waals surface area contributed by atoms with Crippen LogP contribution in [0.1, 0.15) is 160 Å². The Bertz CT molecular complexity index is 455. The first kappa shape index (κ1) is 28.2. The van der Waals surface area contributed by atoms with Gasteiger partial charge in [-0.2, -0.15) is 0 Å². The Morgan fingerprint density at radius 1 is 0.484 bits per heavy atom. The largest absolute Gasteiger partial charge is 0.228 e. The molecule has 1 radical (unpaired) electrons. The molecule has 179 valence electrons. The third-order valence-electron chi connectivity index (χ3n) is 6.74. The predicted molar refractivity (Wildman–Crippen MR) is 137 cm³/mol. The molecule has 0 amide bonds. The summed E-state index contributed by atoms with van der Waals surface area (Å²) in [6.45, 7) is 2.29. The van der Waals surface area contributed by atoms with Crippen molar-refractivity contribution < 1.29 is 5.11 Å². The smallest absolute Gasteiger partial charge is 0.118 e. The molecule has 1 aromatic rings. The lowest BCUT2D eigenvalue weighted by molar-refractivity contribution is 0.0786. The van der Waals surface area contributed by atoms with E-state index in [2.05, 4.69) is 6.92 Å². The number of unbranched alkanes of at least 4 members (excludes halogenated alkanes) is 20. The Balaban J connectivity index is 1.70. The quantitative estimate of drug-likeness (QED) is 0.154. The second kappa shape index (κ2) is 22.4. The Hall–Kier alpha value is -0.820. The summed E-state index contributed by atoms with van der Waals surface area (Å²) in [5, 5.41) is 12.1. The highest BCUT2D eigenvalue weighted by Crippen LogP contribution is 2.21. The van der Waals surface area contributed by atoms with Crippen LogP contribution in [-0.2, 0) is 5.11 Å². The molecule has 1 heteroatoms. The van der Waals surface area contributed by atoms with E-state index in [4.69, 9.17) is 0 Å². The SMILES string of the molecule is CCCCCCCCCCCCCCCCCCCCCCCC([O])c1ccccc1. The average Bonchev–Trinajstić information content (AvgIpc) is 2.80. The van der Waals surface area contributed by atoms with E-state index in [-0.39, 0.29) is 0 Å². The van der Waals surface area contributed by atoms with Crippen LogP contribution in [0.25, 0.3) is 0 Å². The highest BCUT2D eigenvalue weighted by Gasteiger charge is 2.07. The fourth-order valence-corrected chi connectivity index (χ4v) is 4.60. The van der Waals surface area contributed by atoms with E-state index in [1.165, 1.54) is 128 Å². The topological polar surface area (TPSA) is 19.9 Å². The molecule has 1 rings (SSSR count). The van der Waals surface area contributed by atoms with Crippen LogP contribution < -0.4 is 0 Å². The summed E-state index contributed by atoms with van der Waals surface area (Å²) in [6.07, 6.45) is 29.8. The van der Waals surface area contributed by atoms with Crippen molar-refractivity contribution in [1.29, 1.82) is 0 Å². The maximum atomic E-state index is 12.1. The van der Waals surface area contributed by atoms with E-state index in [1.807, 2.05) is 30.3 Å². The molecule has 0 aromatic heterocycles. The van der Waals surface area contributed by atoms with Gasteiger partial charge in [-0.05, 0) is 12.0 Å². The summed E-state index contributed by atoms with van der Waals surface area (Å²) >= 11 is 0. The maximum absolute atomic E-state index is 12.1. The van der Waals surface area contributed by atoms with E-state index in [0.29, 0.717) is 0 Å². The molecule has 1 nitrogen and oxygen atoms in total. The van der Waals surface area contributed by atoms with Crippen molar-refractivity contribution in [3.8, 4) is 0 Å². The minimum absolute atomic E-state index is 0.526. The fourth-order valence-electron chi connectivity index (χ4n) is 4.60. The second-order valence-corrected chi connectivity index (χ2v) is 9.76. The average molecular weight is 430 g/mol. The number of rotatable bonds is 23. The molecular formula is C30H53O. The van der Waals surface area contributed by atoms with Gasteiger partial charge in [0, 0.05) is 0 Å². The first-order chi connectivity index (χ1) is 15.3. The molecule has 0 aliphatic carbocycles. The van der Waals surface area contributed by atoms with Crippen molar-refractivity contribution in [3.63, 3.8) is 0 Å². The molecule has 0 aliphatic heterocycles. The van der Waals surface area contributed by atoms with Gasteiger partial charge in [0.15, 0.2) is 0 Å². The molecule has 0 spiro atoms. The van der Waals surface area contributed by atoms with Gasteiger partial charge >= 0.3 is 0 Å². The van der Waals surface area contributed by atoms with Crippen LogP contribution >= 0.6 is 0 Å². The summed E-state index contributed by atoms with van der Waals surface area (Å²) in [5.74, 6) is 0. The van der Waals surface area contributed by atoms with Crippen molar-refractivity contribution in [3.05, 3.63) is 35.9 Å². The Morgan fingerprint density at radius 2 is 0.806 bits per heavy atom. The van der Waals surface area contributed by atoms with E-state index in [9.17, 15) is 5.11 Å². The van der Waals surface area contributed by atoms with Crippen LogP contribution in [-0.4, -0.2) is 0 Å². The van der Waals surface area contributed by atoms with Gasteiger partial charge in [0.2, 0.25) is 0 Å². The molecule has 0 N–H and O–H groups in total. The van der Waals surface area contributed by atoms with Gasteiger partial charge in [0.1, 0.15) is 6.10 Å². The van der Waals surface area contributed by atoms with Crippen molar-refractivity contribution in [2.75, 3.05) is 0 Å². The summed E-state index contributed by atoms with van der Waals surface area (Å²) < 4.78 is 0. The first-order valence-corrected chi connectivity index (χ1v) is 14.1. The fraction of sp³-hybridized carbons (Fsp3) is 0.800. The normalized spacial score (nSPS) is 12.3. The van der Waals surface area contributed by atoms with Crippen molar-refractivity contribution in [2.45, 2.75) is 154 Å². The summed E-state index contributed by atoms with van der Waals surface area (Å²) in [6, 6.07) is 9.86. The molecule has 0 aliphatic rings. The monoisotopic (exact) mass is 429 g/mol. The third-order valence-corrected chi connectivity index (χ3v) is 6.74. The molecule has 1 atom stereocenters. The lowest BCUT2D eigenvalue weighted by Gasteiger charge is -2.08. The van der Waals surface area contributed by atoms with Gasteiger partial charge in [-0.1, -0.05) is 172 Å². The molecule has 31 heavy (non-hydrogen) atoms. The van der Waals surface area contributed by atoms with Crippen molar-refractivity contribution in [1.82, 2.24) is 0 Å². The van der Waals surface area contributed by atoms with E-state index < -0.39 is 6.10 Å². The summed E-state index contributed by atoms with van der Waals surface area (Å²) in [7, 11) is 0. The Kier molecular flexibility index (Phi) is 20.4. The molecular weight excluding hydrogens is 376 g/mol. The lowest BCUT2D eigenvalue weighted by Crippen LogP contribution is -1.95. The van der Waals surface area contributed by atoms with Crippen LogP contribution in [0.4, 0.5) is 0 Å². The summed E-state index contributed by atoms with van der Waals surface area (Å²) in [5.41, 5.74) is 0.954. The molecule has 0 saturated heterocycles. The predicted octanol–water partition coefficient (Wildman–Crippen LogP) is 10.8. The number of hydrogen-bond acceptors (Lipinski definition) is 0. The summed E-state index contributed by atoms with van der Waals surface area (Å²) in [4.78, 5) is 0. The molecule has 0 fully saturated rings. The molecule has 0 bridgehead atoms. The molecule has 0 saturated carbocycles. The van der Waals surface area contributed by atoms with Gasteiger partial charge in [0.25, 0.3) is 0 Å². The van der Waals surface area contributed by atoms with Crippen LogP contribution in [0.2, 0.25) is 0 Å². The van der Waals surface area contributed by atoms with Gasteiger partial charge in [-0.25, -0.2) is 5.11 Å². The minimum atomic E-state index is -0.526. The zero-order valence-electron chi connectivity index (χ0n) is 20.9. The lowest BCUT2D eigenvalue weighted by atomic mass is 10.0.